The molecular formula is C31H41N3O6. The van der Waals surface area contributed by atoms with E-state index in [9.17, 15) is 19.2 Å². The van der Waals surface area contributed by atoms with Crippen LogP contribution in [0.1, 0.15) is 51.7 Å². The van der Waals surface area contributed by atoms with Gasteiger partial charge in [0.05, 0.1) is 12.6 Å². The van der Waals surface area contributed by atoms with Crippen LogP contribution >= 0.6 is 0 Å². The summed E-state index contributed by atoms with van der Waals surface area (Å²) in [5.74, 6) is -1.57. The van der Waals surface area contributed by atoms with Gasteiger partial charge in [0.2, 0.25) is 11.8 Å². The Morgan fingerprint density at radius 1 is 0.800 bits per heavy atom. The standard InChI is InChI=1S/C31H41N3O6/c1-5-20(3)26(29(36)32-24(28(35)25-19-39-25)17-22-13-9-7-10-14-22)33-30(37)27(21(4)6-2)34-31(38)40-18-23-15-11-8-12-16-23/h7-16,20-21,24-27H,5-6,17-19H2,1-4H3,(H,32,36)(H,33,37)(H,34,38)/t20-,21-,24-,25+,26-,27-/m0/s1. The highest BCUT2D eigenvalue weighted by Gasteiger charge is 2.39. The highest BCUT2D eigenvalue weighted by atomic mass is 16.6. The smallest absolute Gasteiger partial charge is 0.408 e. The molecule has 6 atom stereocenters. The second-order valence-corrected chi connectivity index (χ2v) is 10.4. The Bertz CT molecular complexity index is 1120. The molecule has 9 heteroatoms. The molecule has 3 amide bonds. The number of alkyl carbamates (subject to hydrolysis) is 1. The van der Waals surface area contributed by atoms with Crippen molar-refractivity contribution < 1.29 is 28.7 Å². The Kier molecular flexibility index (Phi) is 11.7. The van der Waals surface area contributed by atoms with Gasteiger partial charge in [0.15, 0.2) is 5.78 Å². The van der Waals surface area contributed by atoms with E-state index in [2.05, 4.69) is 16.0 Å². The number of rotatable bonds is 15. The first kappa shape index (κ1) is 30.8. The van der Waals surface area contributed by atoms with E-state index >= 15 is 0 Å². The minimum atomic E-state index is -0.908. The normalized spacial score (nSPS) is 17.9. The van der Waals surface area contributed by atoms with Gasteiger partial charge < -0.3 is 25.4 Å². The monoisotopic (exact) mass is 551 g/mol. The fraction of sp³-hybridized carbons (Fsp3) is 0.484. The second kappa shape index (κ2) is 15.2. The first-order chi connectivity index (χ1) is 19.2. The van der Waals surface area contributed by atoms with Crippen LogP contribution in [0.15, 0.2) is 60.7 Å². The third-order valence-corrected chi connectivity index (χ3v) is 7.37. The maximum atomic E-state index is 13.5. The van der Waals surface area contributed by atoms with Gasteiger partial charge >= 0.3 is 6.09 Å². The first-order valence-electron chi connectivity index (χ1n) is 14.0. The fourth-order valence-electron chi connectivity index (χ4n) is 4.31. The van der Waals surface area contributed by atoms with Crippen molar-refractivity contribution in [2.75, 3.05) is 6.61 Å². The second-order valence-electron chi connectivity index (χ2n) is 10.4. The van der Waals surface area contributed by atoms with Crippen molar-refractivity contribution in [3.8, 4) is 0 Å². The van der Waals surface area contributed by atoms with Gasteiger partial charge in [0.25, 0.3) is 0 Å². The highest BCUT2D eigenvalue weighted by molar-refractivity contribution is 5.96. The highest BCUT2D eigenvalue weighted by Crippen LogP contribution is 2.17. The van der Waals surface area contributed by atoms with E-state index in [-0.39, 0.29) is 24.2 Å². The predicted octanol–water partition coefficient (Wildman–Crippen LogP) is 3.55. The summed E-state index contributed by atoms with van der Waals surface area (Å²) >= 11 is 0. The number of hydrogen-bond donors (Lipinski definition) is 3. The number of nitrogens with one attached hydrogen (secondary N) is 3. The van der Waals surface area contributed by atoms with Gasteiger partial charge in [0.1, 0.15) is 24.8 Å². The molecule has 9 nitrogen and oxygen atoms in total. The van der Waals surface area contributed by atoms with Gasteiger partial charge in [-0.05, 0) is 29.4 Å². The zero-order valence-corrected chi connectivity index (χ0v) is 23.7. The third kappa shape index (κ3) is 9.19. The van der Waals surface area contributed by atoms with Crippen molar-refractivity contribution in [2.24, 2.45) is 11.8 Å². The topological polar surface area (TPSA) is 126 Å². The van der Waals surface area contributed by atoms with Gasteiger partial charge in [-0.15, -0.1) is 0 Å². The van der Waals surface area contributed by atoms with Gasteiger partial charge in [0, 0.05) is 0 Å². The van der Waals surface area contributed by atoms with E-state index in [1.807, 2.05) is 88.4 Å². The van der Waals surface area contributed by atoms with E-state index in [0.717, 1.165) is 11.1 Å². The molecule has 1 saturated heterocycles. The number of hydrogen-bond acceptors (Lipinski definition) is 6. The molecule has 216 valence electrons. The lowest BCUT2D eigenvalue weighted by molar-refractivity contribution is -0.133. The number of ether oxygens (including phenoxy) is 2. The zero-order chi connectivity index (χ0) is 29.1. The average molecular weight is 552 g/mol. The molecule has 3 rings (SSSR count). The lowest BCUT2D eigenvalue weighted by Crippen LogP contribution is -2.59. The van der Waals surface area contributed by atoms with Crippen LogP contribution in [0, 0.1) is 11.8 Å². The maximum absolute atomic E-state index is 13.5. The van der Waals surface area contributed by atoms with Gasteiger partial charge in [-0.2, -0.15) is 0 Å². The van der Waals surface area contributed by atoms with E-state index in [1.54, 1.807) is 0 Å². The number of benzene rings is 2. The molecule has 0 spiro atoms. The summed E-state index contributed by atoms with van der Waals surface area (Å²) in [5, 5.41) is 8.40. The summed E-state index contributed by atoms with van der Waals surface area (Å²) in [6, 6.07) is 16.1. The summed E-state index contributed by atoms with van der Waals surface area (Å²) in [5.41, 5.74) is 1.73. The van der Waals surface area contributed by atoms with Crippen LogP contribution in [-0.2, 0) is 36.9 Å². The van der Waals surface area contributed by atoms with Crippen LogP contribution in [-0.4, -0.2) is 54.5 Å². The Morgan fingerprint density at radius 3 is 1.82 bits per heavy atom. The van der Waals surface area contributed by atoms with Crippen LogP contribution in [0.5, 0.6) is 0 Å². The van der Waals surface area contributed by atoms with Crippen LogP contribution in [0.25, 0.3) is 0 Å². The van der Waals surface area contributed by atoms with Gasteiger partial charge in [-0.25, -0.2) is 4.79 Å². The minimum absolute atomic E-state index is 0.0704. The van der Waals surface area contributed by atoms with Crippen molar-refractivity contribution in [1.82, 2.24) is 16.0 Å². The van der Waals surface area contributed by atoms with E-state index in [0.29, 0.717) is 25.9 Å². The van der Waals surface area contributed by atoms with Crippen LogP contribution in [0.2, 0.25) is 0 Å². The van der Waals surface area contributed by atoms with Gasteiger partial charge in [-0.3, -0.25) is 14.4 Å². The van der Waals surface area contributed by atoms with Gasteiger partial charge in [-0.1, -0.05) is 101 Å². The molecule has 3 N–H and O–H groups in total. The molecule has 40 heavy (non-hydrogen) atoms. The first-order valence-corrected chi connectivity index (χ1v) is 14.0. The molecular weight excluding hydrogens is 510 g/mol. The maximum Gasteiger partial charge on any atom is 0.408 e. The molecule has 0 radical (unpaired) electrons. The van der Waals surface area contributed by atoms with Crippen molar-refractivity contribution in [3.05, 3.63) is 71.8 Å². The lowest BCUT2D eigenvalue weighted by atomic mass is 9.94. The largest absolute Gasteiger partial charge is 0.445 e. The van der Waals surface area contributed by atoms with Crippen molar-refractivity contribution >= 4 is 23.7 Å². The molecule has 0 aromatic heterocycles. The fourth-order valence-corrected chi connectivity index (χ4v) is 4.31. The lowest BCUT2D eigenvalue weighted by Gasteiger charge is -2.29. The Morgan fingerprint density at radius 2 is 1.30 bits per heavy atom. The van der Waals surface area contributed by atoms with E-state index in [1.165, 1.54) is 0 Å². The zero-order valence-electron chi connectivity index (χ0n) is 23.7. The molecule has 0 saturated carbocycles. The Hall–Kier alpha value is -3.72. The van der Waals surface area contributed by atoms with Crippen LogP contribution < -0.4 is 16.0 Å². The van der Waals surface area contributed by atoms with E-state index < -0.39 is 42.1 Å². The summed E-state index contributed by atoms with van der Waals surface area (Å²) in [6.45, 7) is 7.97. The van der Waals surface area contributed by atoms with Crippen molar-refractivity contribution in [3.63, 3.8) is 0 Å². The van der Waals surface area contributed by atoms with Crippen molar-refractivity contribution in [1.29, 1.82) is 0 Å². The molecule has 0 bridgehead atoms. The summed E-state index contributed by atoms with van der Waals surface area (Å²) in [7, 11) is 0. The Labute approximate surface area is 236 Å². The summed E-state index contributed by atoms with van der Waals surface area (Å²) in [4.78, 5) is 52.6. The molecule has 2 aromatic carbocycles. The molecule has 1 fully saturated rings. The molecule has 1 aliphatic heterocycles. The number of carbonyl (C=O) groups excluding carboxylic acids is 4. The average Bonchev–Trinajstić information content (AvgIpc) is 3.82. The summed E-state index contributed by atoms with van der Waals surface area (Å²) < 4.78 is 10.5. The SMILES string of the molecule is CC[C@H](C)[C@H](NC(=O)OCc1ccccc1)C(=O)N[C@H](C(=O)N[C@@H](Cc1ccccc1)C(=O)[C@H]1CO1)[C@@H](C)CC. The van der Waals surface area contributed by atoms with E-state index in [4.69, 9.17) is 9.47 Å². The predicted molar refractivity (Wildman–Crippen MR) is 151 cm³/mol. The molecule has 0 aliphatic carbocycles. The number of Topliss-reactive ketones (excluding diaryl/α,β-unsaturated/α-hetero) is 1. The summed E-state index contributed by atoms with van der Waals surface area (Å²) in [6.07, 6.45) is 0.309. The van der Waals surface area contributed by atoms with Crippen LogP contribution in [0.3, 0.4) is 0 Å². The Balaban J connectivity index is 1.69. The number of carbonyl (C=O) groups is 4. The third-order valence-electron chi connectivity index (χ3n) is 7.37. The molecule has 2 aromatic rings. The molecule has 0 unspecified atom stereocenters. The molecule has 1 heterocycles. The molecule has 1 aliphatic rings. The van der Waals surface area contributed by atoms with Crippen molar-refractivity contribution in [2.45, 2.75) is 77.8 Å². The quantitative estimate of drug-likeness (QED) is 0.291. The minimum Gasteiger partial charge on any atom is -0.445 e. The number of ketones is 1. The van der Waals surface area contributed by atoms with Crippen LogP contribution in [0.4, 0.5) is 4.79 Å². The number of amides is 3. The number of epoxide rings is 1.